The van der Waals surface area contributed by atoms with Gasteiger partial charge in [0.1, 0.15) is 0 Å². The predicted octanol–water partition coefficient (Wildman–Crippen LogP) is 7.35. The normalized spacial score (nSPS) is 15.2. The van der Waals surface area contributed by atoms with E-state index in [4.69, 9.17) is 4.74 Å². The van der Waals surface area contributed by atoms with Crippen molar-refractivity contribution in [3.05, 3.63) is 108 Å². The van der Waals surface area contributed by atoms with Crippen LogP contribution in [-0.4, -0.2) is 24.8 Å². The van der Waals surface area contributed by atoms with Gasteiger partial charge in [-0.05, 0) is 29.7 Å². The average Bonchev–Trinajstić information content (AvgIpc) is 3.19. The molecule has 1 aliphatic heterocycles. The van der Waals surface area contributed by atoms with Crippen molar-refractivity contribution in [2.24, 2.45) is 0 Å². The number of ether oxygens (including phenoxy) is 1. The number of allylic oxidation sites excluding steroid dienone is 1. The lowest BCUT2D eigenvalue weighted by atomic mass is 9.88. The summed E-state index contributed by atoms with van der Waals surface area (Å²) in [6.45, 7) is 12.2. The van der Waals surface area contributed by atoms with Crippen molar-refractivity contribution in [1.82, 2.24) is 4.90 Å². The molecule has 0 radical (unpaired) electrons. The second kappa shape index (κ2) is 12.3. The highest BCUT2D eigenvalue weighted by atomic mass is 32.1. The lowest BCUT2D eigenvalue weighted by Crippen LogP contribution is -2.34. The summed E-state index contributed by atoms with van der Waals surface area (Å²) in [5.41, 5.74) is 4.15. The zero-order valence-electron chi connectivity index (χ0n) is 17.1. The molecule has 1 atom stereocenters. The van der Waals surface area contributed by atoms with Crippen LogP contribution < -0.4 is 0 Å². The first-order valence-electron chi connectivity index (χ1n) is 9.97. The van der Waals surface area contributed by atoms with E-state index in [-0.39, 0.29) is 7.43 Å². The lowest BCUT2D eigenvalue weighted by molar-refractivity contribution is 0.0334. The van der Waals surface area contributed by atoms with Crippen molar-refractivity contribution in [2.45, 2.75) is 26.8 Å². The van der Waals surface area contributed by atoms with E-state index in [0.717, 1.165) is 13.1 Å². The summed E-state index contributed by atoms with van der Waals surface area (Å²) >= 11 is 1.91. The van der Waals surface area contributed by atoms with Crippen LogP contribution in [0, 0.1) is 0 Å². The van der Waals surface area contributed by atoms with Crippen LogP contribution in [0.4, 0.5) is 0 Å². The molecule has 1 aromatic heterocycles. The lowest BCUT2D eigenvalue weighted by Gasteiger charge is -2.32. The van der Waals surface area contributed by atoms with Crippen LogP contribution in [-0.2, 0) is 11.3 Å². The Hall–Kier alpha value is -2.46. The quantitative estimate of drug-likeness (QED) is 0.306. The van der Waals surface area contributed by atoms with Gasteiger partial charge >= 0.3 is 0 Å². The number of rotatable bonds is 6. The van der Waals surface area contributed by atoms with Gasteiger partial charge in [0.25, 0.3) is 0 Å². The highest BCUT2D eigenvalue weighted by molar-refractivity contribution is 7.15. The molecule has 0 fully saturated rings. The number of hydrogen-bond acceptors (Lipinski definition) is 3. The van der Waals surface area contributed by atoms with E-state index in [1.165, 1.54) is 26.4 Å². The summed E-state index contributed by atoms with van der Waals surface area (Å²) in [7, 11) is 0. The van der Waals surface area contributed by atoms with E-state index < -0.39 is 0 Å². The van der Waals surface area contributed by atoms with Crippen molar-refractivity contribution in [1.29, 1.82) is 0 Å². The summed E-state index contributed by atoms with van der Waals surface area (Å²) in [5, 5.41) is 0. The first kappa shape index (κ1) is 23.8. The molecular formula is C27H33NOS. The standard InChI is InChI=1S/C23H23NOS.C3H6.CH4/c1-2-13-25-17-24-15-21(18-9-5-3-6-10-18)20-14-22(26-23(20)16-24)19-11-7-4-8-12-19;1-3-2;/h2-12,14,21H,1,13,15-17H2;3H,1H2,2H3;1H4/t21-;;/m0../s1. The molecule has 3 heteroatoms. The Morgan fingerprint density at radius 2 is 1.70 bits per heavy atom. The van der Waals surface area contributed by atoms with Gasteiger partial charge in [0, 0.05) is 28.8 Å². The Labute approximate surface area is 186 Å². The smallest absolute Gasteiger partial charge is 0.0997 e. The SMILES string of the molecule is C.C=CC.C=CCOCN1Cc2sc(-c3ccccc3)cc2[C@H](c2ccccc2)C1. The van der Waals surface area contributed by atoms with Gasteiger partial charge < -0.3 is 4.74 Å². The fourth-order valence-electron chi connectivity index (χ4n) is 3.56. The molecule has 0 saturated heterocycles. The van der Waals surface area contributed by atoms with Crippen molar-refractivity contribution in [2.75, 3.05) is 19.9 Å². The molecule has 0 saturated carbocycles. The van der Waals surface area contributed by atoms with Crippen molar-refractivity contribution in [3.8, 4) is 10.4 Å². The zero-order chi connectivity index (χ0) is 20.5. The molecule has 0 unspecified atom stereocenters. The molecule has 2 nitrogen and oxygen atoms in total. The second-order valence-electron chi connectivity index (χ2n) is 7.03. The van der Waals surface area contributed by atoms with E-state index in [9.17, 15) is 0 Å². The molecule has 0 aliphatic carbocycles. The molecule has 0 amide bonds. The monoisotopic (exact) mass is 419 g/mol. The first-order valence-corrected chi connectivity index (χ1v) is 10.8. The van der Waals surface area contributed by atoms with Gasteiger partial charge in [-0.15, -0.1) is 24.5 Å². The predicted molar refractivity (Wildman–Crippen MR) is 132 cm³/mol. The summed E-state index contributed by atoms with van der Waals surface area (Å²) in [4.78, 5) is 5.20. The molecule has 0 bridgehead atoms. The van der Waals surface area contributed by atoms with Crippen LogP contribution >= 0.6 is 11.3 Å². The number of nitrogens with zero attached hydrogens (tertiary/aromatic N) is 1. The number of fused-ring (bicyclic) bond motifs is 1. The number of benzene rings is 2. The van der Waals surface area contributed by atoms with E-state index in [1.807, 2.05) is 24.3 Å². The van der Waals surface area contributed by atoms with Crippen LogP contribution in [0.3, 0.4) is 0 Å². The van der Waals surface area contributed by atoms with Gasteiger partial charge in [-0.25, -0.2) is 0 Å². The van der Waals surface area contributed by atoms with E-state index in [0.29, 0.717) is 19.3 Å². The minimum Gasteiger partial charge on any atom is -0.362 e. The fraction of sp³-hybridized carbons (Fsp3) is 0.259. The third kappa shape index (κ3) is 6.02. The third-order valence-electron chi connectivity index (χ3n) is 4.79. The Kier molecular flexibility index (Phi) is 9.75. The maximum atomic E-state index is 5.73. The summed E-state index contributed by atoms with van der Waals surface area (Å²) in [6.07, 6.45) is 3.56. The van der Waals surface area contributed by atoms with Crippen LogP contribution in [0.15, 0.2) is 92.0 Å². The van der Waals surface area contributed by atoms with Crippen LogP contribution in [0.5, 0.6) is 0 Å². The van der Waals surface area contributed by atoms with E-state index in [1.54, 1.807) is 6.08 Å². The van der Waals surface area contributed by atoms with Crippen LogP contribution in [0.2, 0.25) is 0 Å². The summed E-state index contributed by atoms with van der Waals surface area (Å²) in [5.74, 6) is 0.390. The Morgan fingerprint density at radius 3 is 2.33 bits per heavy atom. The molecule has 4 rings (SSSR count). The zero-order valence-corrected chi connectivity index (χ0v) is 17.9. The molecule has 30 heavy (non-hydrogen) atoms. The van der Waals surface area contributed by atoms with Crippen LogP contribution in [0.25, 0.3) is 10.4 Å². The molecule has 1 aliphatic rings. The van der Waals surface area contributed by atoms with Gasteiger partial charge in [-0.3, -0.25) is 4.90 Å². The Balaban J connectivity index is 0.000000757. The third-order valence-corrected chi connectivity index (χ3v) is 5.98. The minimum absolute atomic E-state index is 0. The first-order chi connectivity index (χ1) is 14.3. The number of thiophene rings is 1. The topological polar surface area (TPSA) is 12.5 Å². The largest absolute Gasteiger partial charge is 0.362 e. The second-order valence-corrected chi connectivity index (χ2v) is 8.16. The Morgan fingerprint density at radius 1 is 1.07 bits per heavy atom. The summed E-state index contributed by atoms with van der Waals surface area (Å²) in [6, 6.07) is 23.9. The average molecular weight is 420 g/mol. The Bertz CT molecular complexity index is 901. The molecule has 2 heterocycles. The van der Waals surface area contributed by atoms with E-state index >= 15 is 0 Å². The van der Waals surface area contributed by atoms with Gasteiger partial charge in [-0.2, -0.15) is 0 Å². The molecule has 0 N–H and O–H groups in total. The van der Waals surface area contributed by atoms with Crippen molar-refractivity contribution < 1.29 is 4.74 Å². The molecule has 158 valence electrons. The van der Waals surface area contributed by atoms with Gasteiger partial charge in [0.2, 0.25) is 0 Å². The van der Waals surface area contributed by atoms with Gasteiger partial charge in [0.05, 0.1) is 13.3 Å². The van der Waals surface area contributed by atoms with Crippen LogP contribution in [0.1, 0.15) is 36.3 Å². The highest BCUT2D eigenvalue weighted by Gasteiger charge is 2.29. The van der Waals surface area contributed by atoms with Gasteiger partial charge in [-0.1, -0.05) is 80.2 Å². The van der Waals surface area contributed by atoms with Crippen molar-refractivity contribution >= 4 is 11.3 Å². The molecular weight excluding hydrogens is 386 g/mol. The maximum absolute atomic E-state index is 5.73. The fourth-order valence-corrected chi connectivity index (χ4v) is 4.84. The number of hydrogen-bond donors (Lipinski definition) is 0. The summed E-state index contributed by atoms with van der Waals surface area (Å²) < 4.78 is 5.73. The molecule has 3 aromatic rings. The maximum Gasteiger partial charge on any atom is 0.0997 e. The highest BCUT2D eigenvalue weighted by Crippen LogP contribution is 2.41. The van der Waals surface area contributed by atoms with E-state index in [2.05, 4.69) is 84.8 Å². The molecule has 0 spiro atoms. The minimum atomic E-state index is 0. The van der Waals surface area contributed by atoms with Crippen molar-refractivity contribution in [3.63, 3.8) is 0 Å². The molecule has 2 aromatic carbocycles. The van der Waals surface area contributed by atoms with Gasteiger partial charge in [0.15, 0.2) is 0 Å².